The minimum Gasteiger partial charge on any atom is -0.505 e. The number of carboxylic acid groups (broad SMARTS) is 1. The van der Waals surface area contributed by atoms with E-state index in [1.54, 1.807) is 6.92 Å². The molecule has 5 heteroatoms. The third-order valence-electron chi connectivity index (χ3n) is 3.27. The van der Waals surface area contributed by atoms with E-state index >= 15 is 0 Å². The Labute approximate surface area is 121 Å². The number of nitrogens with zero attached hydrogens (tertiary/aromatic N) is 1. The first kappa shape index (κ1) is 15.0. The maximum absolute atomic E-state index is 13.1. The van der Waals surface area contributed by atoms with Crippen LogP contribution in [0, 0.1) is 12.7 Å². The maximum atomic E-state index is 13.1. The van der Waals surface area contributed by atoms with Gasteiger partial charge in [0.1, 0.15) is 11.6 Å². The normalized spacial score (nSPS) is 10.9. The average molecular weight is 289 g/mol. The van der Waals surface area contributed by atoms with Gasteiger partial charge in [0.05, 0.1) is 17.0 Å². The monoisotopic (exact) mass is 289 g/mol. The number of carbonyl (C=O) groups is 1. The third kappa shape index (κ3) is 2.72. The fourth-order valence-electron chi connectivity index (χ4n) is 2.25. The summed E-state index contributed by atoms with van der Waals surface area (Å²) in [7, 11) is 0. The second-order valence-corrected chi connectivity index (χ2v) is 5.15. The SMILES string of the molecule is Cc1nc(C(C)C)c(C(=O)O)c(-c2ccc(F)cc2)c1O. The van der Waals surface area contributed by atoms with Crippen LogP contribution in [0.15, 0.2) is 24.3 Å². The predicted octanol–water partition coefficient (Wildman–Crippen LogP) is 3.72. The van der Waals surface area contributed by atoms with Gasteiger partial charge in [0, 0.05) is 5.56 Å². The summed E-state index contributed by atoms with van der Waals surface area (Å²) in [4.78, 5) is 15.8. The molecule has 0 unspecified atom stereocenters. The molecule has 0 saturated carbocycles. The van der Waals surface area contributed by atoms with E-state index in [0.29, 0.717) is 17.0 Å². The van der Waals surface area contributed by atoms with Gasteiger partial charge in [-0.1, -0.05) is 26.0 Å². The topological polar surface area (TPSA) is 70.4 Å². The first-order chi connectivity index (χ1) is 9.82. The molecule has 0 atom stereocenters. The van der Waals surface area contributed by atoms with Crippen molar-refractivity contribution in [2.24, 2.45) is 0 Å². The summed E-state index contributed by atoms with van der Waals surface area (Å²) >= 11 is 0. The van der Waals surface area contributed by atoms with Crippen molar-refractivity contribution in [1.82, 2.24) is 4.98 Å². The van der Waals surface area contributed by atoms with Crippen molar-refractivity contribution < 1.29 is 19.4 Å². The smallest absolute Gasteiger partial charge is 0.338 e. The summed E-state index contributed by atoms with van der Waals surface area (Å²) in [5.41, 5.74) is 1.33. The summed E-state index contributed by atoms with van der Waals surface area (Å²) in [5, 5.41) is 19.7. The fourth-order valence-corrected chi connectivity index (χ4v) is 2.25. The molecule has 0 amide bonds. The number of pyridine rings is 1. The lowest BCUT2D eigenvalue weighted by Gasteiger charge is -2.17. The average Bonchev–Trinajstić information content (AvgIpc) is 2.41. The van der Waals surface area contributed by atoms with Gasteiger partial charge in [-0.05, 0) is 30.5 Å². The molecule has 2 rings (SSSR count). The van der Waals surface area contributed by atoms with Gasteiger partial charge in [-0.25, -0.2) is 9.18 Å². The van der Waals surface area contributed by atoms with Crippen LogP contribution in [0.25, 0.3) is 11.1 Å². The van der Waals surface area contributed by atoms with Gasteiger partial charge in [-0.15, -0.1) is 0 Å². The molecule has 0 bridgehead atoms. The number of aromatic carboxylic acids is 1. The molecular weight excluding hydrogens is 273 g/mol. The zero-order chi connectivity index (χ0) is 15.7. The van der Waals surface area contributed by atoms with Crippen molar-refractivity contribution in [3.05, 3.63) is 47.0 Å². The van der Waals surface area contributed by atoms with Crippen LogP contribution in [-0.4, -0.2) is 21.2 Å². The van der Waals surface area contributed by atoms with E-state index in [0.717, 1.165) is 0 Å². The van der Waals surface area contributed by atoms with Gasteiger partial charge >= 0.3 is 5.97 Å². The molecule has 2 N–H and O–H groups in total. The summed E-state index contributed by atoms with van der Waals surface area (Å²) in [6.07, 6.45) is 0. The quantitative estimate of drug-likeness (QED) is 0.903. The van der Waals surface area contributed by atoms with E-state index in [9.17, 15) is 19.4 Å². The van der Waals surface area contributed by atoms with Gasteiger partial charge < -0.3 is 10.2 Å². The highest BCUT2D eigenvalue weighted by atomic mass is 19.1. The molecule has 0 aliphatic rings. The Morgan fingerprint density at radius 2 is 1.81 bits per heavy atom. The van der Waals surface area contributed by atoms with Crippen molar-refractivity contribution in [2.75, 3.05) is 0 Å². The molecule has 4 nitrogen and oxygen atoms in total. The number of hydrogen-bond donors (Lipinski definition) is 2. The van der Waals surface area contributed by atoms with E-state index in [1.807, 2.05) is 13.8 Å². The fraction of sp³-hybridized carbons (Fsp3) is 0.250. The van der Waals surface area contributed by atoms with Crippen molar-refractivity contribution in [3.8, 4) is 16.9 Å². The largest absolute Gasteiger partial charge is 0.505 e. The Morgan fingerprint density at radius 3 is 2.29 bits per heavy atom. The van der Waals surface area contributed by atoms with E-state index in [1.165, 1.54) is 24.3 Å². The molecule has 0 spiro atoms. The second kappa shape index (κ2) is 5.52. The molecule has 1 heterocycles. The molecule has 1 aromatic heterocycles. The molecule has 0 saturated heterocycles. The first-order valence-corrected chi connectivity index (χ1v) is 6.55. The lowest BCUT2D eigenvalue weighted by molar-refractivity contribution is 0.0695. The lowest BCUT2D eigenvalue weighted by Crippen LogP contribution is -2.10. The van der Waals surface area contributed by atoms with Crippen LogP contribution in [0.3, 0.4) is 0 Å². The van der Waals surface area contributed by atoms with Crippen LogP contribution < -0.4 is 0 Å². The molecule has 110 valence electrons. The lowest BCUT2D eigenvalue weighted by atomic mass is 9.93. The van der Waals surface area contributed by atoms with E-state index in [2.05, 4.69) is 4.98 Å². The number of rotatable bonds is 3. The van der Waals surface area contributed by atoms with E-state index in [-0.39, 0.29) is 22.8 Å². The van der Waals surface area contributed by atoms with Crippen LogP contribution in [-0.2, 0) is 0 Å². The van der Waals surface area contributed by atoms with Gasteiger partial charge in [0.25, 0.3) is 0 Å². The van der Waals surface area contributed by atoms with Gasteiger partial charge in [0.2, 0.25) is 0 Å². The highest BCUT2D eigenvalue weighted by Crippen LogP contribution is 2.38. The number of aromatic nitrogens is 1. The van der Waals surface area contributed by atoms with Crippen LogP contribution in [0.4, 0.5) is 4.39 Å². The number of halogens is 1. The number of aromatic hydroxyl groups is 1. The summed E-state index contributed by atoms with van der Waals surface area (Å²) in [5.74, 6) is -1.90. The Kier molecular flexibility index (Phi) is 3.93. The van der Waals surface area contributed by atoms with Crippen molar-refractivity contribution >= 4 is 5.97 Å². The molecular formula is C16H16FNO3. The molecule has 0 aliphatic heterocycles. The number of hydrogen-bond acceptors (Lipinski definition) is 3. The second-order valence-electron chi connectivity index (χ2n) is 5.15. The molecule has 0 fully saturated rings. The molecule has 1 aromatic carbocycles. The minimum absolute atomic E-state index is 0.0419. The summed E-state index contributed by atoms with van der Waals surface area (Å²) in [6, 6.07) is 5.34. The summed E-state index contributed by atoms with van der Waals surface area (Å²) in [6.45, 7) is 5.28. The number of carboxylic acids is 1. The minimum atomic E-state index is -1.17. The van der Waals surface area contributed by atoms with Crippen LogP contribution >= 0.6 is 0 Å². The maximum Gasteiger partial charge on any atom is 0.338 e. The Morgan fingerprint density at radius 1 is 1.24 bits per heavy atom. The van der Waals surface area contributed by atoms with Crippen molar-refractivity contribution in [3.63, 3.8) is 0 Å². The zero-order valence-corrected chi connectivity index (χ0v) is 12.0. The van der Waals surface area contributed by atoms with Gasteiger partial charge in [0.15, 0.2) is 0 Å². The summed E-state index contributed by atoms with van der Waals surface area (Å²) < 4.78 is 13.1. The molecule has 0 radical (unpaired) electrons. The van der Waals surface area contributed by atoms with Crippen molar-refractivity contribution in [1.29, 1.82) is 0 Å². The van der Waals surface area contributed by atoms with Crippen LogP contribution in [0.1, 0.15) is 41.5 Å². The van der Waals surface area contributed by atoms with Gasteiger partial charge in [-0.2, -0.15) is 0 Å². The van der Waals surface area contributed by atoms with Crippen LogP contribution in [0.2, 0.25) is 0 Å². The predicted molar refractivity (Wildman–Crippen MR) is 77.1 cm³/mol. The van der Waals surface area contributed by atoms with Crippen LogP contribution in [0.5, 0.6) is 5.75 Å². The standard InChI is InChI=1S/C16H16FNO3/c1-8(2)14-13(16(20)21)12(15(19)9(3)18-14)10-4-6-11(17)7-5-10/h4-8,19H,1-3H3,(H,20,21). The molecule has 0 aliphatic carbocycles. The van der Waals surface area contributed by atoms with Crippen molar-refractivity contribution in [2.45, 2.75) is 26.7 Å². The molecule has 2 aromatic rings. The first-order valence-electron chi connectivity index (χ1n) is 6.55. The number of benzene rings is 1. The Bertz CT molecular complexity index is 694. The third-order valence-corrected chi connectivity index (χ3v) is 3.27. The highest BCUT2D eigenvalue weighted by Gasteiger charge is 2.25. The number of aryl methyl sites for hydroxylation is 1. The highest BCUT2D eigenvalue weighted by molar-refractivity contribution is 5.99. The molecule has 21 heavy (non-hydrogen) atoms. The Balaban J connectivity index is 2.85. The van der Waals surface area contributed by atoms with E-state index in [4.69, 9.17) is 0 Å². The van der Waals surface area contributed by atoms with E-state index < -0.39 is 11.8 Å². The Hall–Kier alpha value is -2.43. The zero-order valence-electron chi connectivity index (χ0n) is 12.0. The van der Waals surface area contributed by atoms with Gasteiger partial charge in [-0.3, -0.25) is 4.98 Å².